The molecule has 2 N–H and O–H groups in total. The predicted octanol–water partition coefficient (Wildman–Crippen LogP) is 1.35. The topological polar surface area (TPSA) is 85.3 Å². The van der Waals surface area contributed by atoms with E-state index in [1.807, 2.05) is 25.1 Å². The third kappa shape index (κ3) is 4.36. The number of piperidine rings is 1. The van der Waals surface area contributed by atoms with Crippen molar-refractivity contribution in [3.63, 3.8) is 0 Å². The van der Waals surface area contributed by atoms with Crippen LogP contribution in [0.3, 0.4) is 0 Å². The highest BCUT2D eigenvalue weighted by Crippen LogP contribution is 2.23. The van der Waals surface area contributed by atoms with E-state index >= 15 is 0 Å². The second kappa shape index (κ2) is 8.11. The number of hydrogen-bond acceptors (Lipinski definition) is 5. The minimum atomic E-state index is -0.0775. The van der Waals surface area contributed by atoms with Gasteiger partial charge in [0.25, 0.3) is 0 Å². The molecule has 0 aliphatic carbocycles. The van der Waals surface area contributed by atoms with Crippen LogP contribution >= 0.6 is 0 Å². The van der Waals surface area contributed by atoms with E-state index in [0.29, 0.717) is 19.6 Å². The molecule has 1 aliphatic rings. The van der Waals surface area contributed by atoms with E-state index in [-0.39, 0.29) is 18.4 Å². The van der Waals surface area contributed by atoms with E-state index in [1.165, 1.54) is 0 Å². The lowest BCUT2D eigenvalue weighted by molar-refractivity contribution is -0.137. The fraction of sp³-hybridized carbons (Fsp3) is 0.500. The molecule has 1 amide bonds. The van der Waals surface area contributed by atoms with Gasteiger partial charge in [-0.05, 0) is 31.9 Å². The van der Waals surface area contributed by atoms with Gasteiger partial charge >= 0.3 is 0 Å². The van der Waals surface area contributed by atoms with E-state index in [1.54, 1.807) is 17.3 Å². The van der Waals surface area contributed by atoms with Crippen LogP contribution in [0, 0.1) is 12.8 Å². The summed E-state index contributed by atoms with van der Waals surface area (Å²) in [6.07, 6.45) is 5.35. The lowest BCUT2D eigenvalue weighted by Gasteiger charge is -2.35. The van der Waals surface area contributed by atoms with Crippen molar-refractivity contribution in [1.29, 1.82) is 0 Å². The molecule has 1 aliphatic heterocycles. The molecule has 2 aromatic heterocycles. The Labute approximate surface area is 147 Å². The minimum Gasteiger partial charge on any atom is -0.395 e. The third-order valence-corrected chi connectivity index (χ3v) is 4.54. The zero-order valence-corrected chi connectivity index (χ0v) is 14.6. The van der Waals surface area contributed by atoms with Gasteiger partial charge in [0.05, 0.1) is 31.0 Å². The van der Waals surface area contributed by atoms with E-state index in [0.717, 1.165) is 36.7 Å². The molecule has 1 saturated heterocycles. The number of aromatic nitrogens is 3. The molecule has 2 aromatic rings. The number of amides is 1. The maximum atomic E-state index is 13.0. The molecule has 7 nitrogen and oxygen atoms in total. The number of carbonyl (C=O) groups excluding carboxylic acids is 1. The highest BCUT2D eigenvalue weighted by Gasteiger charge is 2.30. The predicted molar refractivity (Wildman–Crippen MR) is 95.0 cm³/mol. The fourth-order valence-corrected chi connectivity index (χ4v) is 3.33. The molecule has 0 radical (unpaired) electrons. The van der Waals surface area contributed by atoms with Gasteiger partial charge in [0.15, 0.2) is 0 Å². The molecule has 0 bridgehead atoms. The number of aliphatic hydroxyl groups excluding tert-OH is 1. The number of rotatable bonds is 6. The molecule has 3 rings (SSSR count). The summed E-state index contributed by atoms with van der Waals surface area (Å²) < 4.78 is 0. The van der Waals surface area contributed by atoms with Crippen LogP contribution in [0.25, 0.3) is 0 Å². The summed E-state index contributed by atoms with van der Waals surface area (Å²) >= 11 is 0. The van der Waals surface area contributed by atoms with Crippen LogP contribution in [0.5, 0.6) is 0 Å². The van der Waals surface area contributed by atoms with Gasteiger partial charge in [-0.15, -0.1) is 0 Å². The molecule has 3 heterocycles. The number of H-pyrrole nitrogens is 1. The van der Waals surface area contributed by atoms with Crippen molar-refractivity contribution in [2.45, 2.75) is 26.3 Å². The van der Waals surface area contributed by atoms with E-state index in [4.69, 9.17) is 0 Å². The molecule has 1 atom stereocenters. The van der Waals surface area contributed by atoms with Crippen LogP contribution in [-0.2, 0) is 11.3 Å². The van der Waals surface area contributed by atoms with Crippen LogP contribution in [0.2, 0.25) is 0 Å². The Kier molecular flexibility index (Phi) is 5.65. The van der Waals surface area contributed by atoms with Crippen molar-refractivity contribution < 1.29 is 9.90 Å². The molecule has 1 fully saturated rings. The van der Waals surface area contributed by atoms with Gasteiger partial charge in [0.1, 0.15) is 11.6 Å². The Hall–Kier alpha value is -2.41. The summed E-state index contributed by atoms with van der Waals surface area (Å²) in [6, 6.07) is 5.84. The Balaban J connectivity index is 1.68. The second-order valence-corrected chi connectivity index (χ2v) is 6.45. The van der Waals surface area contributed by atoms with Gasteiger partial charge in [0, 0.05) is 25.8 Å². The molecule has 134 valence electrons. The number of carbonyl (C=O) groups is 1. The van der Waals surface area contributed by atoms with Crippen LogP contribution in [0.1, 0.15) is 24.4 Å². The summed E-state index contributed by atoms with van der Waals surface area (Å²) in [5.74, 6) is 1.75. The number of aliphatic hydroxyl groups is 1. The Morgan fingerprint density at radius 3 is 3.00 bits per heavy atom. The largest absolute Gasteiger partial charge is 0.395 e. The van der Waals surface area contributed by atoms with Gasteiger partial charge in [-0.25, -0.2) is 9.97 Å². The van der Waals surface area contributed by atoms with Crippen molar-refractivity contribution in [1.82, 2.24) is 19.9 Å². The number of pyridine rings is 1. The number of hydrogen-bond donors (Lipinski definition) is 2. The lowest BCUT2D eigenvalue weighted by Crippen LogP contribution is -2.45. The first-order valence-corrected chi connectivity index (χ1v) is 8.73. The molecule has 7 heteroatoms. The highest BCUT2D eigenvalue weighted by molar-refractivity contribution is 5.79. The summed E-state index contributed by atoms with van der Waals surface area (Å²) in [7, 11) is 0. The number of aryl methyl sites for hydroxylation is 1. The summed E-state index contributed by atoms with van der Waals surface area (Å²) in [4.78, 5) is 28.6. The summed E-state index contributed by atoms with van der Waals surface area (Å²) in [6.45, 7) is 4.20. The number of nitrogens with zero attached hydrogens (tertiary/aromatic N) is 4. The van der Waals surface area contributed by atoms with Crippen molar-refractivity contribution in [3.8, 4) is 0 Å². The van der Waals surface area contributed by atoms with Crippen LogP contribution in [-0.4, -0.2) is 57.1 Å². The van der Waals surface area contributed by atoms with Crippen molar-refractivity contribution in [2.75, 3.05) is 31.1 Å². The Morgan fingerprint density at radius 2 is 2.32 bits per heavy atom. The normalized spacial score (nSPS) is 17.5. The van der Waals surface area contributed by atoms with Crippen LogP contribution in [0.4, 0.5) is 5.82 Å². The smallest absolute Gasteiger partial charge is 0.227 e. The Morgan fingerprint density at radius 1 is 1.44 bits per heavy atom. The average Bonchev–Trinajstić information content (AvgIpc) is 3.06. The minimum absolute atomic E-state index is 0.0461. The number of imidazole rings is 1. The lowest BCUT2D eigenvalue weighted by atomic mass is 9.96. The van der Waals surface area contributed by atoms with E-state index < -0.39 is 0 Å². The molecule has 0 spiro atoms. The maximum Gasteiger partial charge on any atom is 0.227 e. The average molecular weight is 343 g/mol. The zero-order chi connectivity index (χ0) is 17.6. The molecule has 0 aromatic carbocycles. The number of nitrogens with one attached hydrogen (secondary N) is 1. The molecule has 1 unspecified atom stereocenters. The quantitative estimate of drug-likeness (QED) is 0.827. The fourth-order valence-electron chi connectivity index (χ4n) is 3.33. The molecule has 25 heavy (non-hydrogen) atoms. The standard InChI is InChI=1S/C18H25N5O2/c1-14-20-11-16(21-14)13-23(9-10-24)18(25)15-5-4-8-22(12-15)17-6-2-3-7-19-17/h2-3,6-7,11,15,24H,4-5,8-10,12-13H2,1H3,(H,20,21). The first kappa shape index (κ1) is 17.4. The summed E-state index contributed by atoms with van der Waals surface area (Å²) in [5, 5.41) is 9.36. The SMILES string of the molecule is Cc1ncc(CN(CCO)C(=O)C2CCCN(c3ccccn3)C2)[nH]1. The van der Waals surface area contributed by atoms with E-state index in [9.17, 15) is 9.90 Å². The summed E-state index contributed by atoms with van der Waals surface area (Å²) in [5.41, 5.74) is 0.886. The van der Waals surface area contributed by atoms with Gasteiger partial charge in [-0.1, -0.05) is 6.07 Å². The van der Waals surface area contributed by atoms with Crippen molar-refractivity contribution >= 4 is 11.7 Å². The molecule has 0 saturated carbocycles. The van der Waals surface area contributed by atoms with Gasteiger partial charge in [-0.3, -0.25) is 4.79 Å². The van der Waals surface area contributed by atoms with Crippen molar-refractivity contribution in [2.24, 2.45) is 5.92 Å². The van der Waals surface area contributed by atoms with Crippen LogP contribution in [0.15, 0.2) is 30.6 Å². The molecular formula is C18H25N5O2. The van der Waals surface area contributed by atoms with Gasteiger partial charge < -0.3 is 19.9 Å². The first-order chi connectivity index (χ1) is 12.2. The Bertz CT molecular complexity index is 688. The van der Waals surface area contributed by atoms with Crippen LogP contribution < -0.4 is 4.90 Å². The highest BCUT2D eigenvalue weighted by atomic mass is 16.3. The number of anilines is 1. The monoisotopic (exact) mass is 343 g/mol. The third-order valence-electron chi connectivity index (χ3n) is 4.54. The maximum absolute atomic E-state index is 13.0. The first-order valence-electron chi connectivity index (χ1n) is 8.73. The number of aromatic amines is 1. The van der Waals surface area contributed by atoms with Gasteiger partial charge in [0.2, 0.25) is 5.91 Å². The van der Waals surface area contributed by atoms with Crippen molar-refractivity contribution in [3.05, 3.63) is 42.1 Å². The van der Waals surface area contributed by atoms with Gasteiger partial charge in [-0.2, -0.15) is 0 Å². The van der Waals surface area contributed by atoms with E-state index in [2.05, 4.69) is 19.9 Å². The molecular weight excluding hydrogens is 318 g/mol. The second-order valence-electron chi connectivity index (χ2n) is 6.45. The zero-order valence-electron chi connectivity index (χ0n) is 14.6.